The van der Waals surface area contributed by atoms with Gasteiger partial charge in [-0.1, -0.05) is 84.4 Å². The van der Waals surface area contributed by atoms with Crippen LogP contribution in [-0.4, -0.2) is 33.6 Å². The van der Waals surface area contributed by atoms with Gasteiger partial charge in [0.25, 0.3) is 0 Å². The zero-order valence-corrected chi connectivity index (χ0v) is 21.5. The summed E-state index contributed by atoms with van der Waals surface area (Å²) < 4.78 is 18.2. The van der Waals surface area contributed by atoms with Crippen molar-refractivity contribution in [1.29, 1.82) is 0 Å². The van der Waals surface area contributed by atoms with Gasteiger partial charge in [0.05, 0.1) is 13.2 Å². The van der Waals surface area contributed by atoms with Gasteiger partial charge >= 0.3 is 5.97 Å². The van der Waals surface area contributed by atoms with Gasteiger partial charge in [0.1, 0.15) is 6.10 Å². The summed E-state index contributed by atoms with van der Waals surface area (Å²) in [6.07, 6.45) is 3.05. The number of ether oxygens (including phenoxy) is 2. The molecular formula is C26H42O4Si. The van der Waals surface area contributed by atoms with E-state index >= 15 is 0 Å². The highest BCUT2D eigenvalue weighted by molar-refractivity contribution is 6.77. The smallest absolute Gasteiger partial charge is 0.330 e. The number of hydrogen-bond donors (Lipinski definition) is 0. The van der Waals surface area contributed by atoms with E-state index in [4.69, 9.17) is 13.9 Å². The van der Waals surface area contributed by atoms with Gasteiger partial charge in [-0.25, -0.2) is 4.79 Å². The lowest BCUT2D eigenvalue weighted by Crippen LogP contribution is -2.49. The second kappa shape index (κ2) is 12.0. The Kier molecular flexibility index (Phi) is 9.98. The number of carbonyl (C=O) groups excluding carboxylic acids is 1. The molecule has 2 rings (SSSR count). The molecule has 0 saturated heterocycles. The molecule has 1 aliphatic heterocycles. The molecule has 0 saturated carbocycles. The maximum atomic E-state index is 12.2. The Morgan fingerprint density at radius 3 is 2.19 bits per heavy atom. The molecular weight excluding hydrogens is 404 g/mol. The minimum Gasteiger partial charge on any atom is -0.459 e. The molecule has 0 unspecified atom stereocenters. The van der Waals surface area contributed by atoms with Crippen molar-refractivity contribution in [3.05, 3.63) is 47.5 Å². The van der Waals surface area contributed by atoms with Crippen LogP contribution in [0.1, 0.15) is 66.9 Å². The van der Waals surface area contributed by atoms with Gasteiger partial charge < -0.3 is 13.9 Å². The van der Waals surface area contributed by atoms with Crippen LogP contribution in [0.15, 0.2) is 42.0 Å². The van der Waals surface area contributed by atoms with Crippen molar-refractivity contribution < 1.29 is 18.7 Å². The molecule has 0 amide bonds. The normalized spacial score (nSPS) is 18.5. The first-order valence-corrected chi connectivity index (χ1v) is 14.0. The third-order valence-corrected chi connectivity index (χ3v) is 12.8. The van der Waals surface area contributed by atoms with Gasteiger partial charge in [-0.05, 0) is 28.6 Å². The molecule has 1 aromatic rings. The standard InChI is InChI=1S/C26H42O4Si/c1-19(2)31(20(3)4,21(5)6)29-17-22(7)25-15-24(16-26(27)30-25)13-14-28-18-23-11-9-8-10-12-23/h8-12,16,19-22,25H,13-15,17-18H2,1-7H3/t22-,25-/m1/s1. The van der Waals surface area contributed by atoms with Crippen molar-refractivity contribution >= 4 is 14.3 Å². The predicted molar refractivity (Wildman–Crippen MR) is 129 cm³/mol. The largest absolute Gasteiger partial charge is 0.459 e. The van der Waals surface area contributed by atoms with E-state index in [-0.39, 0.29) is 18.0 Å². The molecule has 0 radical (unpaired) electrons. The van der Waals surface area contributed by atoms with E-state index in [9.17, 15) is 4.79 Å². The molecule has 4 nitrogen and oxygen atoms in total. The lowest BCUT2D eigenvalue weighted by Gasteiger charge is -2.43. The maximum absolute atomic E-state index is 12.2. The molecule has 1 aromatic carbocycles. The van der Waals surface area contributed by atoms with Crippen molar-refractivity contribution in [2.75, 3.05) is 13.2 Å². The number of hydrogen-bond acceptors (Lipinski definition) is 4. The molecule has 0 bridgehead atoms. The molecule has 0 N–H and O–H groups in total. The summed E-state index contributed by atoms with van der Waals surface area (Å²) in [5.74, 6) is -0.0674. The second-order valence-corrected chi connectivity index (χ2v) is 15.3. The Morgan fingerprint density at radius 1 is 1.00 bits per heavy atom. The summed E-state index contributed by atoms with van der Waals surface area (Å²) in [6.45, 7) is 17.8. The van der Waals surface area contributed by atoms with Gasteiger partial charge in [0.2, 0.25) is 0 Å². The third kappa shape index (κ3) is 7.03. The molecule has 0 fully saturated rings. The minimum absolute atomic E-state index is 0.125. The highest BCUT2D eigenvalue weighted by atomic mass is 28.4. The summed E-state index contributed by atoms with van der Waals surface area (Å²) >= 11 is 0. The van der Waals surface area contributed by atoms with E-state index in [1.165, 1.54) is 0 Å². The van der Waals surface area contributed by atoms with E-state index in [0.29, 0.717) is 36.4 Å². The summed E-state index contributed by atoms with van der Waals surface area (Å²) in [5, 5.41) is 0. The number of rotatable bonds is 12. The van der Waals surface area contributed by atoms with Crippen LogP contribution in [0.3, 0.4) is 0 Å². The van der Waals surface area contributed by atoms with Crippen molar-refractivity contribution in [1.82, 2.24) is 0 Å². The second-order valence-electron chi connectivity index (χ2n) is 9.88. The van der Waals surface area contributed by atoms with Crippen LogP contribution in [0.2, 0.25) is 16.6 Å². The molecule has 1 heterocycles. The van der Waals surface area contributed by atoms with Crippen molar-refractivity contribution in [2.45, 2.75) is 90.6 Å². The van der Waals surface area contributed by atoms with Crippen molar-refractivity contribution in [2.24, 2.45) is 5.92 Å². The number of esters is 1. The van der Waals surface area contributed by atoms with Gasteiger partial charge in [-0.15, -0.1) is 0 Å². The number of cyclic esters (lactones) is 1. The Bertz CT molecular complexity index is 690. The average molecular weight is 447 g/mol. The first-order chi connectivity index (χ1) is 14.7. The number of benzene rings is 1. The Balaban J connectivity index is 1.88. The molecule has 2 atom stereocenters. The Hall–Kier alpha value is -1.43. The quantitative estimate of drug-likeness (QED) is 0.204. The SMILES string of the molecule is CC(C)[Si](OC[C@@H](C)[C@H]1CC(CCOCc2ccccc2)=CC(=O)O1)(C(C)C)C(C)C. The summed E-state index contributed by atoms with van der Waals surface area (Å²) in [5.41, 5.74) is 3.92. The Morgan fingerprint density at radius 2 is 1.61 bits per heavy atom. The van der Waals surface area contributed by atoms with Crippen LogP contribution in [-0.2, 0) is 25.3 Å². The van der Waals surface area contributed by atoms with Crippen molar-refractivity contribution in [3.63, 3.8) is 0 Å². The van der Waals surface area contributed by atoms with Gasteiger partial charge in [0.15, 0.2) is 8.32 Å². The Labute approximate surface area is 190 Å². The van der Waals surface area contributed by atoms with E-state index in [2.05, 4.69) is 60.6 Å². The first-order valence-electron chi connectivity index (χ1n) is 11.8. The van der Waals surface area contributed by atoms with Crippen molar-refractivity contribution in [3.8, 4) is 0 Å². The summed E-state index contributed by atoms with van der Waals surface area (Å²) in [7, 11) is -1.92. The van der Waals surface area contributed by atoms with Crippen LogP contribution in [0, 0.1) is 5.92 Å². The zero-order chi connectivity index (χ0) is 23.0. The summed E-state index contributed by atoms with van der Waals surface area (Å²) in [4.78, 5) is 12.2. The van der Waals surface area contributed by atoms with Gasteiger partial charge in [0, 0.05) is 25.0 Å². The summed E-state index contributed by atoms with van der Waals surface area (Å²) in [6, 6.07) is 10.2. The fourth-order valence-electron chi connectivity index (χ4n) is 5.05. The average Bonchev–Trinajstić information content (AvgIpc) is 2.71. The molecule has 174 valence electrons. The highest BCUT2D eigenvalue weighted by Gasteiger charge is 2.45. The predicted octanol–water partition coefficient (Wildman–Crippen LogP) is 6.66. The van der Waals surface area contributed by atoms with Gasteiger partial charge in [-0.2, -0.15) is 0 Å². The molecule has 0 spiro atoms. The molecule has 0 aromatic heterocycles. The van der Waals surface area contributed by atoms with E-state index < -0.39 is 8.32 Å². The van der Waals surface area contributed by atoms with Crippen LogP contribution >= 0.6 is 0 Å². The lowest BCUT2D eigenvalue weighted by atomic mass is 9.94. The fourth-order valence-corrected chi connectivity index (χ4v) is 10.6. The van der Waals surface area contributed by atoms with Crippen LogP contribution in [0.25, 0.3) is 0 Å². The molecule has 5 heteroatoms. The first kappa shape index (κ1) is 25.8. The van der Waals surface area contributed by atoms with Gasteiger partial charge in [-0.3, -0.25) is 0 Å². The van der Waals surface area contributed by atoms with Crippen LogP contribution < -0.4 is 0 Å². The van der Waals surface area contributed by atoms with Crippen LogP contribution in [0.4, 0.5) is 0 Å². The minimum atomic E-state index is -1.92. The van der Waals surface area contributed by atoms with Crippen LogP contribution in [0.5, 0.6) is 0 Å². The fraction of sp³-hybridized carbons (Fsp3) is 0.654. The maximum Gasteiger partial charge on any atom is 0.330 e. The molecule has 0 aliphatic carbocycles. The van der Waals surface area contributed by atoms with E-state index in [1.54, 1.807) is 6.08 Å². The highest BCUT2D eigenvalue weighted by Crippen LogP contribution is 2.42. The van der Waals surface area contributed by atoms with E-state index in [0.717, 1.165) is 24.0 Å². The zero-order valence-electron chi connectivity index (χ0n) is 20.5. The molecule has 31 heavy (non-hydrogen) atoms. The third-order valence-electron chi connectivity index (χ3n) is 6.67. The lowest BCUT2D eigenvalue weighted by molar-refractivity contribution is -0.147. The monoisotopic (exact) mass is 446 g/mol. The topological polar surface area (TPSA) is 44.8 Å². The number of carbonyl (C=O) groups is 1. The van der Waals surface area contributed by atoms with E-state index in [1.807, 2.05) is 18.2 Å². The molecule has 1 aliphatic rings.